The molecule has 0 saturated carbocycles. The highest BCUT2D eigenvalue weighted by Crippen LogP contribution is 2.33. The Balaban J connectivity index is 1.84. The van der Waals surface area contributed by atoms with Crippen LogP contribution in [-0.2, 0) is 11.3 Å². The number of rotatable bonds is 10. The van der Waals surface area contributed by atoms with E-state index in [0.717, 1.165) is 34.5 Å². The molecule has 0 spiro atoms. The highest BCUT2D eigenvalue weighted by molar-refractivity contribution is 7.17. The van der Waals surface area contributed by atoms with Gasteiger partial charge in [-0.05, 0) is 51.8 Å². The van der Waals surface area contributed by atoms with Crippen LogP contribution in [0.2, 0.25) is 0 Å². The zero-order valence-corrected chi connectivity index (χ0v) is 19.9. The van der Waals surface area contributed by atoms with E-state index < -0.39 is 6.10 Å². The number of thiophene rings is 1. The summed E-state index contributed by atoms with van der Waals surface area (Å²) in [6, 6.07) is 6.27. The molecule has 3 rings (SSSR count). The van der Waals surface area contributed by atoms with Gasteiger partial charge in [-0.3, -0.25) is 9.69 Å². The number of ether oxygens (including phenoxy) is 1. The Kier molecular flexibility index (Phi) is 8.00. The average Bonchev–Trinajstić information content (AvgIpc) is 3.11. The van der Waals surface area contributed by atoms with E-state index in [1.807, 2.05) is 19.2 Å². The first kappa shape index (κ1) is 23.6. The summed E-state index contributed by atoms with van der Waals surface area (Å²) in [5, 5.41) is 13.0. The first-order chi connectivity index (χ1) is 14.8. The number of nitrogens with zero attached hydrogens (tertiary/aromatic N) is 2. The number of aromatic nitrogens is 2. The molecule has 2 N–H and O–H groups in total. The number of aryl methyl sites for hydroxylation is 2. The molecule has 2 aromatic heterocycles. The molecule has 0 amide bonds. The van der Waals surface area contributed by atoms with E-state index in [-0.39, 0.29) is 11.7 Å². The quantitative estimate of drug-likeness (QED) is 0.489. The van der Waals surface area contributed by atoms with Crippen LogP contribution >= 0.6 is 11.3 Å². The van der Waals surface area contributed by atoms with Crippen LogP contribution in [-0.4, -0.2) is 51.9 Å². The molecule has 0 fully saturated rings. The normalized spacial score (nSPS) is 12.9. The lowest BCUT2D eigenvalue weighted by Crippen LogP contribution is -2.36. The van der Waals surface area contributed by atoms with Crippen LogP contribution in [0.15, 0.2) is 28.4 Å². The van der Waals surface area contributed by atoms with Crippen molar-refractivity contribution in [2.24, 2.45) is 0 Å². The molecule has 1 aromatic carbocycles. The zero-order chi connectivity index (χ0) is 22.5. The second kappa shape index (κ2) is 10.5. The molecule has 0 aliphatic carbocycles. The second-order valence-electron chi connectivity index (χ2n) is 8.43. The van der Waals surface area contributed by atoms with Gasteiger partial charge in [-0.25, -0.2) is 4.98 Å². The van der Waals surface area contributed by atoms with Gasteiger partial charge in [0.1, 0.15) is 10.7 Å². The van der Waals surface area contributed by atoms with E-state index in [4.69, 9.17) is 9.72 Å². The maximum absolute atomic E-state index is 13.0. The lowest BCUT2D eigenvalue weighted by Gasteiger charge is -2.24. The number of aromatic amines is 1. The molecule has 2 heterocycles. The number of H-pyrrole nitrogens is 1. The van der Waals surface area contributed by atoms with Gasteiger partial charge in [0, 0.05) is 17.5 Å². The van der Waals surface area contributed by atoms with Crippen molar-refractivity contribution >= 4 is 21.6 Å². The molecule has 6 nitrogen and oxygen atoms in total. The summed E-state index contributed by atoms with van der Waals surface area (Å²) in [5.41, 5.74) is 4.24. The Labute approximate surface area is 187 Å². The molecule has 7 heteroatoms. The SMILES string of the molecule is CCCN(Cc1nc2scc(-c3ccc(C)cc3C)c2c(=O)[nH]1)CC(O)COC(C)C. The van der Waals surface area contributed by atoms with Crippen LogP contribution in [0.3, 0.4) is 0 Å². The largest absolute Gasteiger partial charge is 0.389 e. The van der Waals surface area contributed by atoms with E-state index in [9.17, 15) is 9.90 Å². The molecule has 1 atom stereocenters. The monoisotopic (exact) mass is 443 g/mol. The van der Waals surface area contributed by atoms with Gasteiger partial charge in [0.2, 0.25) is 0 Å². The van der Waals surface area contributed by atoms with Crippen LogP contribution < -0.4 is 5.56 Å². The van der Waals surface area contributed by atoms with E-state index >= 15 is 0 Å². The lowest BCUT2D eigenvalue weighted by atomic mass is 9.99. The van der Waals surface area contributed by atoms with Crippen molar-refractivity contribution in [1.29, 1.82) is 0 Å². The fraction of sp³-hybridized carbons (Fsp3) is 0.500. The van der Waals surface area contributed by atoms with Crippen LogP contribution in [0.4, 0.5) is 0 Å². The molecule has 31 heavy (non-hydrogen) atoms. The molecule has 3 aromatic rings. The Morgan fingerprint density at radius 3 is 2.71 bits per heavy atom. The number of benzene rings is 1. The van der Waals surface area contributed by atoms with Crippen molar-refractivity contribution in [3.05, 3.63) is 50.9 Å². The maximum Gasteiger partial charge on any atom is 0.260 e. The summed E-state index contributed by atoms with van der Waals surface area (Å²) in [5.74, 6) is 0.622. The van der Waals surface area contributed by atoms with Crippen LogP contribution in [0.5, 0.6) is 0 Å². The lowest BCUT2D eigenvalue weighted by molar-refractivity contribution is -0.00977. The van der Waals surface area contributed by atoms with Crippen molar-refractivity contribution in [3.8, 4) is 11.1 Å². The third-order valence-electron chi connectivity index (χ3n) is 5.17. The second-order valence-corrected chi connectivity index (χ2v) is 9.29. The fourth-order valence-corrected chi connectivity index (χ4v) is 4.76. The maximum atomic E-state index is 13.0. The smallest absolute Gasteiger partial charge is 0.260 e. The highest BCUT2D eigenvalue weighted by atomic mass is 32.1. The van der Waals surface area contributed by atoms with Crippen LogP contribution in [0, 0.1) is 13.8 Å². The number of hydrogen-bond donors (Lipinski definition) is 2. The summed E-state index contributed by atoms with van der Waals surface area (Å²) >= 11 is 1.50. The molecule has 168 valence electrons. The molecule has 1 unspecified atom stereocenters. The number of aliphatic hydroxyl groups excluding tert-OH is 1. The van der Waals surface area contributed by atoms with Crippen molar-refractivity contribution in [2.45, 2.75) is 59.8 Å². The minimum Gasteiger partial charge on any atom is -0.389 e. The van der Waals surface area contributed by atoms with E-state index in [1.54, 1.807) is 0 Å². The van der Waals surface area contributed by atoms with Crippen molar-refractivity contribution in [3.63, 3.8) is 0 Å². The summed E-state index contributed by atoms with van der Waals surface area (Å²) in [6.07, 6.45) is 0.447. The van der Waals surface area contributed by atoms with E-state index in [0.29, 0.717) is 30.9 Å². The summed E-state index contributed by atoms with van der Waals surface area (Å²) in [6.45, 7) is 12.2. The van der Waals surface area contributed by atoms with Gasteiger partial charge in [-0.2, -0.15) is 0 Å². The van der Waals surface area contributed by atoms with E-state index in [1.165, 1.54) is 16.9 Å². The Morgan fingerprint density at radius 1 is 1.26 bits per heavy atom. The molecule has 0 bridgehead atoms. The molecule has 0 aliphatic rings. The first-order valence-corrected chi connectivity index (χ1v) is 11.8. The predicted molar refractivity (Wildman–Crippen MR) is 128 cm³/mol. The highest BCUT2D eigenvalue weighted by Gasteiger charge is 2.17. The Bertz CT molecular complexity index is 1070. The molecular formula is C24H33N3O3S. The summed E-state index contributed by atoms with van der Waals surface area (Å²) in [4.78, 5) is 23.6. The molecular weight excluding hydrogens is 410 g/mol. The van der Waals surface area contributed by atoms with Gasteiger partial charge in [-0.15, -0.1) is 11.3 Å². The van der Waals surface area contributed by atoms with Gasteiger partial charge >= 0.3 is 0 Å². The van der Waals surface area contributed by atoms with Gasteiger partial charge in [0.25, 0.3) is 5.56 Å². The topological polar surface area (TPSA) is 78.5 Å². The molecule has 0 aliphatic heterocycles. The molecule has 0 saturated heterocycles. The van der Waals surface area contributed by atoms with Gasteiger partial charge < -0.3 is 14.8 Å². The average molecular weight is 444 g/mol. The Hall–Kier alpha value is -2.06. The fourth-order valence-electron chi connectivity index (χ4n) is 3.80. The van der Waals surface area contributed by atoms with Crippen molar-refractivity contribution < 1.29 is 9.84 Å². The van der Waals surface area contributed by atoms with Crippen molar-refractivity contribution in [1.82, 2.24) is 14.9 Å². The Morgan fingerprint density at radius 2 is 2.03 bits per heavy atom. The third kappa shape index (κ3) is 6.01. The predicted octanol–water partition coefficient (Wildman–Crippen LogP) is 4.27. The van der Waals surface area contributed by atoms with Gasteiger partial charge in [-0.1, -0.05) is 30.7 Å². The number of aliphatic hydroxyl groups is 1. The summed E-state index contributed by atoms with van der Waals surface area (Å²) in [7, 11) is 0. The molecule has 0 radical (unpaired) electrons. The minimum atomic E-state index is -0.581. The minimum absolute atomic E-state index is 0.0832. The van der Waals surface area contributed by atoms with Crippen LogP contribution in [0.25, 0.3) is 21.3 Å². The third-order valence-corrected chi connectivity index (χ3v) is 6.04. The van der Waals surface area contributed by atoms with Crippen molar-refractivity contribution in [2.75, 3.05) is 19.7 Å². The van der Waals surface area contributed by atoms with Crippen LogP contribution in [0.1, 0.15) is 44.1 Å². The van der Waals surface area contributed by atoms with Gasteiger partial charge in [0.05, 0.1) is 30.7 Å². The standard InChI is InChI=1S/C24H33N3O3S/c1-6-9-27(11-18(28)13-30-15(2)3)12-21-25-23(29)22-20(14-31-24(22)26-21)19-8-7-16(4)10-17(19)5/h7-8,10,14-15,18,28H,6,9,11-13H2,1-5H3,(H,25,26,29). The van der Waals surface area contributed by atoms with E-state index in [2.05, 4.69) is 48.9 Å². The van der Waals surface area contributed by atoms with Gasteiger partial charge in [0.15, 0.2) is 0 Å². The summed E-state index contributed by atoms with van der Waals surface area (Å²) < 4.78 is 5.52. The number of fused-ring (bicyclic) bond motifs is 1. The number of hydrogen-bond acceptors (Lipinski definition) is 6. The zero-order valence-electron chi connectivity index (χ0n) is 19.1. The first-order valence-electron chi connectivity index (χ1n) is 10.9. The number of nitrogens with one attached hydrogen (secondary N) is 1.